The summed E-state index contributed by atoms with van der Waals surface area (Å²) in [5, 5.41) is 6.50. The zero-order valence-corrected chi connectivity index (χ0v) is 26.9. The second-order valence-corrected chi connectivity index (χ2v) is 13.9. The number of rotatable bonds is 11. The predicted molar refractivity (Wildman–Crippen MR) is 174 cm³/mol. The monoisotopic (exact) mass is 664 g/mol. The van der Waals surface area contributed by atoms with E-state index in [2.05, 4.69) is 25.2 Å². The quantitative estimate of drug-likeness (QED) is 0.195. The van der Waals surface area contributed by atoms with Crippen molar-refractivity contribution in [2.45, 2.75) is 31.5 Å². The van der Waals surface area contributed by atoms with Gasteiger partial charge in [-0.25, -0.2) is 18.4 Å². The van der Waals surface area contributed by atoms with Gasteiger partial charge >= 0.3 is 0 Å². The number of nitrogens with zero attached hydrogens (tertiary/aromatic N) is 3. The van der Waals surface area contributed by atoms with Crippen LogP contribution in [-0.2, 0) is 16.1 Å². The maximum atomic E-state index is 13.5. The summed E-state index contributed by atoms with van der Waals surface area (Å²) in [4.78, 5) is 33.9. The Morgan fingerprint density at radius 2 is 1.95 bits per heavy atom. The fourth-order valence-electron chi connectivity index (χ4n) is 4.68. The van der Waals surface area contributed by atoms with Crippen molar-refractivity contribution in [2.24, 2.45) is 0 Å². The van der Waals surface area contributed by atoms with E-state index in [0.717, 1.165) is 34.2 Å². The molecular formula is C29H34ClFN6O3S3. The molecule has 0 spiro atoms. The topological polar surface area (TPSA) is 98.8 Å². The number of ether oxygens (including phenoxy) is 1. The van der Waals surface area contributed by atoms with Crippen LogP contribution in [0.2, 0.25) is 5.02 Å². The predicted octanol–water partition coefficient (Wildman–Crippen LogP) is 4.90. The number of likely N-dealkylation sites (N-methyl/N-ethyl adjacent to an activating group) is 1. The van der Waals surface area contributed by atoms with Crippen molar-refractivity contribution >= 4 is 64.3 Å². The molecule has 43 heavy (non-hydrogen) atoms. The normalized spacial score (nSPS) is 19.6. The Hall–Kier alpha value is -2.39. The number of hydrogen-bond acceptors (Lipinski definition) is 10. The summed E-state index contributed by atoms with van der Waals surface area (Å²) in [6.07, 6.45) is 3.04. The number of thioether (sulfide) groups is 1. The van der Waals surface area contributed by atoms with Gasteiger partial charge in [0.05, 0.1) is 24.2 Å². The number of carbonyl (C=O) groups excluding carboxylic acids is 2. The van der Waals surface area contributed by atoms with Crippen LogP contribution >= 0.6 is 46.8 Å². The van der Waals surface area contributed by atoms with Crippen molar-refractivity contribution in [1.82, 2.24) is 24.2 Å². The first kappa shape index (κ1) is 32.0. The van der Waals surface area contributed by atoms with Crippen LogP contribution in [-0.4, -0.2) is 82.9 Å². The Balaban J connectivity index is 1.07. The molecule has 2 aliphatic heterocycles. The van der Waals surface area contributed by atoms with E-state index in [-0.39, 0.29) is 23.3 Å². The van der Waals surface area contributed by atoms with Crippen molar-refractivity contribution in [3.63, 3.8) is 0 Å². The molecule has 2 aliphatic rings. The number of amides is 2. The SMILES string of the molecule is CN1SNC(C(=O)NCc2cnc(-c3ccc(OCCCN4CCSCC4)cc3)s2)CC1C(=O)Nc1ccc(F)c(Cl)c1. The van der Waals surface area contributed by atoms with Gasteiger partial charge in [0, 0.05) is 65.6 Å². The molecular weight excluding hydrogens is 631 g/mol. The molecule has 2 amide bonds. The highest BCUT2D eigenvalue weighted by Gasteiger charge is 2.35. The van der Waals surface area contributed by atoms with Gasteiger partial charge in [-0.05, 0) is 62.4 Å². The van der Waals surface area contributed by atoms with Gasteiger partial charge in [-0.15, -0.1) is 11.3 Å². The maximum Gasteiger partial charge on any atom is 0.242 e. The number of benzene rings is 2. The third-order valence-corrected chi connectivity index (χ3v) is 10.3. The maximum absolute atomic E-state index is 13.5. The highest BCUT2D eigenvalue weighted by molar-refractivity contribution is 7.99. The molecule has 0 radical (unpaired) electrons. The van der Waals surface area contributed by atoms with Gasteiger partial charge in [-0.2, -0.15) is 11.8 Å². The molecule has 9 nitrogen and oxygen atoms in total. The van der Waals surface area contributed by atoms with Crippen LogP contribution in [0, 0.1) is 5.82 Å². The lowest BCUT2D eigenvalue weighted by Crippen LogP contribution is -2.53. The molecule has 2 atom stereocenters. The lowest BCUT2D eigenvalue weighted by atomic mass is 10.1. The molecule has 1 aromatic heterocycles. The van der Waals surface area contributed by atoms with Gasteiger partial charge in [0.2, 0.25) is 11.8 Å². The van der Waals surface area contributed by atoms with E-state index in [1.165, 1.54) is 66.3 Å². The summed E-state index contributed by atoms with van der Waals surface area (Å²) in [6.45, 7) is 4.44. The average molecular weight is 665 g/mol. The molecule has 0 saturated carbocycles. The highest BCUT2D eigenvalue weighted by atomic mass is 35.5. The molecule has 0 aliphatic carbocycles. The zero-order valence-electron chi connectivity index (χ0n) is 23.7. The number of nitrogens with one attached hydrogen (secondary N) is 3. The van der Waals surface area contributed by atoms with E-state index in [4.69, 9.17) is 16.3 Å². The minimum Gasteiger partial charge on any atom is -0.494 e. The molecule has 2 aromatic carbocycles. The molecule has 230 valence electrons. The highest BCUT2D eigenvalue weighted by Crippen LogP contribution is 2.28. The summed E-state index contributed by atoms with van der Waals surface area (Å²) in [5.41, 5.74) is 1.38. The van der Waals surface area contributed by atoms with Crippen molar-refractivity contribution in [1.29, 1.82) is 0 Å². The van der Waals surface area contributed by atoms with Crippen LogP contribution in [0.15, 0.2) is 48.7 Å². The third kappa shape index (κ3) is 9.07. The summed E-state index contributed by atoms with van der Waals surface area (Å²) < 4.78 is 24.2. The number of thiazole rings is 1. The average Bonchev–Trinajstić information content (AvgIpc) is 3.50. The van der Waals surface area contributed by atoms with Gasteiger partial charge in [-0.3, -0.25) is 9.59 Å². The van der Waals surface area contributed by atoms with Crippen molar-refractivity contribution in [3.8, 4) is 16.3 Å². The van der Waals surface area contributed by atoms with Crippen LogP contribution in [0.5, 0.6) is 5.75 Å². The van der Waals surface area contributed by atoms with E-state index in [9.17, 15) is 14.0 Å². The van der Waals surface area contributed by atoms with E-state index in [1.54, 1.807) is 17.5 Å². The van der Waals surface area contributed by atoms with E-state index in [1.807, 2.05) is 36.0 Å². The fourth-order valence-corrected chi connectivity index (χ4v) is 7.50. The number of anilines is 1. The Morgan fingerprint density at radius 3 is 2.72 bits per heavy atom. The Morgan fingerprint density at radius 1 is 1.16 bits per heavy atom. The van der Waals surface area contributed by atoms with Crippen molar-refractivity contribution in [2.75, 3.05) is 50.1 Å². The Kier molecular flexibility index (Phi) is 11.6. The molecule has 3 N–H and O–H groups in total. The van der Waals surface area contributed by atoms with Gasteiger partial charge in [0.25, 0.3) is 0 Å². The minimum absolute atomic E-state index is 0.0753. The second-order valence-electron chi connectivity index (χ2n) is 10.2. The zero-order chi connectivity index (χ0) is 30.2. The van der Waals surface area contributed by atoms with Gasteiger partial charge in [0.1, 0.15) is 22.6 Å². The summed E-state index contributed by atoms with van der Waals surface area (Å²) >= 11 is 10.6. The number of aromatic nitrogens is 1. The first-order valence-corrected chi connectivity index (χ1v) is 17.1. The molecule has 3 aromatic rings. The molecule has 14 heteroatoms. The van der Waals surface area contributed by atoms with E-state index >= 15 is 0 Å². The number of halogens is 2. The van der Waals surface area contributed by atoms with Crippen LogP contribution in [0.3, 0.4) is 0 Å². The van der Waals surface area contributed by atoms with E-state index < -0.39 is 17.9 Å². The molecule has 5 rings (SSSR count). The van der Waals surface area contributed by atoms with Crippen LogP contribution in [0.1, 0.15) is 17.7 Å². The molecule has 0 bridgehead atoms. The van der Waals surface area contributed by atoms with Gasteiger partial charge < -0.3 is 20.3 Å². The van der Waals surface area contributed by atoms with Crippen LogP contribution in [0.25, 0.3) is 10.6 Å². The Labute approximate surface area is 268 Å². The minimum atomic E-state index is -0.582. The molecule has 2 saturated heterocycles. The largest absolute Gasteiger partial charge is 0.494 e. The summed E-state index contributed by atoms with van der Waals surface area (Å²) in [6, 6.07) is 10.8. The van der Waals surface area contributed by atoms with Gasteiger partial charge in [-0.1, -0.05) is 11.6 Å². The first-order chi connectivity index (χ1) is 20.9. The summed E-state index contributed by atoms with van der Waals surface area (Å²) in [7, 11) is 1.76. The second kappa shape index (κ2) is 15.6. The molecule has 2 unspecified atom stereocenters. The number of carbonyl (C=O) groups is 2. The molecule has 3 heterocycles. The fraction of sp³-hybridized carbons (Fsp3) is 0.414. The lowest BCUT2D eigenvalue weighted by Gasteiger charge is -2.34. The van der Waals surface area contributed by atoms with Crippen molar-refractivity contribution < 1.29 is 18.7 Å². The standard InChI is InChI=1S/C29H34ClFN6O3S3/c1-36-26(28(39)34-20-5-8-24(31)23(30)15-20)16-25(35-43-36)27(38)32-17-22-18-33-29(42-22)19-3-6-21(7-4-19)40-12-2-9-37-10-13-41-14-11-37/h3-8,15,18,25-26,35H,2,9-14,16-17H2,1H3,(H,32,38)(H,34,39). The first-order valence-electron chi connectivity index (χ1n) is 14.0. The molecule has 2 fully saturated rings. The Bertz CT molecular complexity index is 1390. The number of hydrogen-bond donors (Lipinski definition) is 3. The van der Waals surface area contributed by atoms with Crippen LogP contribution < -0.4 is 20.1 Å². The van der Waals surface area contributed by atoms with Gasteiger partial charge in [0.15, 0.2) is 0 Å². The third-order valence-electron chi connectivity index (χ3n) is 7.13. The van der Waals surface area contributed by atoms with Crippen molar-refractivity contribution in [3.05, 3.63) is 64.4 Å². The summed E-state index contributed by atoms with van der Waals surface area (Å²) in [5.74, 6) is 2.21. The van der Waals surface area contributed by atoms with E-state index in [0.29, 0.717) is 18.8 Å². The van der Waals surface area contributed by atoms with Crippen LogP contribution in [0.4, 0.5) is 10.1 Å². The lowest BCUT2D eigenvalue weighted by molar-refractivity contribution is -0.124. The smallest absolute Gasteiger partial charge is 0.242 e.